The van der Waals surface area contributed by atoms with Crippen LogP contribution in [0.2, 0.25) is 0 Å². The summed E-state index contributed by atoms with van der Waals surface area (Å²) in [5.74, 6) is 1.73. The first-order valence-corrected chi connectivity index (χ1v) is 36.2. The minimum Gasteiger partial charge on any atom is -0.393 e. The molecule has 13 rings (SSSR count). The molecule has 16 nitrogen and oxygen atoms in total. The molecule has 12 aliphatic rings. The van der Waals surface area contributed by atoms with Crippen LogP contribution >= 0.6 is 0 Å². The number of nitrogens with one attached hydrogen (secondary N) is 4. The van der Waals surface area contributed by atoms with Crippen LogP contribution in [0.15, 0.2) is 41.4 Å². The molecule has 16 heteroatoms. The summed E-state index contributed by atoms with van der Waals surface area (Å²) in [6.45, 7) is 41.4. The SMILES string of the molecule is CC1(C)CC[C@@]2(C(=O)NCC3=CN(CCN4CCN(CCn5cc(CNC(=O)[C@]67CCC(C)(C)CC6C6=CCC8[C@@]9(C)CC[C@H](O)C(C)(C)C9CC[C@@]8(C)[C@]6(C)C[C@H]7O)nn5)CC4)NN3)C(C1)C1=CCC3[C@@]4(C)CC[C@H](O)C(C)(C)C4CC[C@@]3(C)[C@]1(C)C[C@H]2O. The highest BCUT2D eigenvalue weighted by atomic mass is 16.3. The predicted octanol–water partition coefficient (Wildman–Crippen LogP) is 10.1. The summed E-state index contributed by atoms with van der Waals surface area (Å²) in [4.78, 5) is 35.0. The summed E-state index contributed by atoms with van der Waals surface area (Å²) in [7, 11) is 0. The molecule has 18 atom stereocenters. The first kappa shape index (κ1) is 65.3. The van der Waals surface area contributed by atoms with Crippen molar-refractivity contribution in [2.75, 3.05) is 52.4 Å². The van der Waals surface area contributed by atoms with E-state index in [9.17, 15) is 25.2 Å². The van der Waals surface area contributed by atoms with Crippen molar-refractivity contribution in [1.82, 2.24) is 51.4 Å². The standard InChI is InChI=1S/C74H120N10O6/c1-63(2)27-29-73(51(39-63)49-15-17-55-67(9)23-21-57(85)65(5,6)53(67)19-25-69(55,11)71(49,13)41-59(73)87)61(89)75-43-47-45-83(79-77-47)37-35-81-31-33-82(34-32-81)36-38-84-46-48(78-80-84)44-76-62(90)74-30-28-64(3,4)40-52(74)50-16-18-56-68(10)24-22-58(86)66(7,8)54(68)20-26-70(56,12)72(50,14)42-60(74)88/h15-16,45-46,51-60,77,79,85-88H,17-44H2,1-14H3,(H,75,89)(H,76,90)/t51?,52?,53?,54?,55?,56?,57-,58-,59+,60+,67-,68-,69+,70+,71+,72+,73+,74+/m0/s1. The van der Waals surface area contributed by atoms with Crippen molar-refractivity contribution in [1.29, 1.82) is 0 Å². The van der Waals surface area contributed by atoms with Crippen LogP contribution in [-0.2, 0) is 22.7 Å². The molecule has 1 aromatic heterocycles. The maximum Gasteiger partial charge on any atom is 0.229 e. The quantitative estimate of drug-likeness (QED) is 0.0920. The lowest BCUT2D eigenvalue weighted by Crippen LogP contribution is -2.68. The number of hydrogen-bond donors (Lipinski definition) is 8. The van der Waals surface area contributed by atoms with Gasteiger partial charge in [0.25, 0.3) is 0 Å². The van der Waals surface area contributed by atoms with Gasteiger partial charge in [-0.2, -0.15) is 0 Å². The fourth-order valence-electron chi connectivity index (χ4n) is 25.0. The number of fused-ring (bicyclic) bond motifs is 14. The number of aromatic nitrogens is 3. The van der Waals surface area contributed by atoms with Crippen molar-refractivity contribution in [3.63, 3.8) is 0 Å². The van der Waals surface area contributed by atoms with Crippen molar-refractivity contribution in [3.8, 4) is 0 Å². The van der Waals surface area contributed by atoms with Gasteiger partial charge in [0.15, 0.2) is 0 Å². The lowest BCUT2D eigenvalue weighted by Gasteiger charge is -2.71. The van der Waals surface area contributed by atoms with Crippen molar-refractivity contribution < 1.29 is 30.0 Å². The molecular weight excluding hydrogens is 1120 g/mol. The van der Waals surface area contributed by atoms with Crippen molar-refractivity contribution >= 4 is 11.8 Å². The van der Waals surface area contributed by atoms with Gasteiger partial charge in [-0.25, -0.2) is 0 Å². The number of amides is 2. The van der Waals surface area contributed by atoms with Gasteiger partial charge in [-0.3, -0.25) is 29.1 Å². The van der Waals surface area contributed by atoms with Gasteiger partial charge in [-0.05, 0) is 205 Å². The molecule has 0 bridgehead atoms. The Morgan fingerprint density at radius 1 is 0.533 bits per heavy atom. The fraction of sp³-hybridized carbons (Fsp3) is 0.865. The van der Waals surface area contributed by atoms with Crippen LogP contribution in [0.4, 0.5) is 0 Å². The molecule has 502 valence electrons. The minimum atomic E-state index is -0.890. The van der Waals surface area contributed by atoms with Crippen LogP contribution in [0, 0.1) is 100 Å². The fourth-order valence-corrected chi connectivity index (χ4v) is 25.0. The van der Waals surface area contributed by atoms with Gasteiger partial charge in [0.05, 0.1) is 66.8 Å². The van der Waals surface area contributed by atoms with E-state index in [2.05, 4.69) is 162 Å². The number of carbonyl (C=O) groups excluding carboxylic acids is 2. The maximum atomic E-state index is 15.0. The molecular formula is C74H120N10O6. The summed E-state index contributed by atoms with van der Waals surface area (Å²) in [6.07, 6.45) is 23.5. The number of piperazine rings is 1. The molecule has 10 aliphatic carbocycles. The highest BCUT2D eigenvalue weighted by molar-refractivity contribution is 5.86. The van der Waals surface area contributed by atoms with Gasteiger partial charge >= 0.3 is 0 Å². The van der Waals surface area contributed by atoms with E-state index in [4.69, 9.17) is 0 Å². The number of hydrogen-bond acceptors (Lipinski definition) is 13. The molecule has 9 fully saturated rings. The van der Waals surface area contributed by atoms with Crippen LogP contribution in [-0.4, -0.2) is 139 Å². The van der Waals surface area contributed by atoms with Crippen molar-refractivity contribution in [2.45, 2.75) is 250 Å². The largest absolute Gasteiger partial charge is 0.393 e. The van der Waals surface area contributed by atoms with Crippen molar-refractivity contribution in [3.05, 3.63) is 47.1 Å². The molecule has 8 N–H and O–H groups in total. The number of aliphatic hydroxyl groups excluding tert-OH is 4. The number of allylic oxidation sites excluding steroid dienone is 4. The van der Waals surface area contributed by atoms with Gasteiger partial charge < -0.3 is 36.5 Å². The Labute approximate surface area is 540 Å². The van der Waals surface area contributed by atoms with Gasteiger partial charge in [-0.15, -0.1) is 10.6 Å². The Hall–Kier alpha value is -3.38. The predicted molar refractivity (Wildman–Crippen MR) is 352 cm³/mol. The molecule has 2 amide bonds. The second-order valence-electron chi connectivity index (χ2n) is 36.8. The Bertz CT molecular complexity index is 3040. The van der Waals surface area contributed by atoms with E-state index in [0.29, 0.717) is 62.4 Å². The average Bonchev–Trinajstić information content (AvgIpc) is 0.702. The third-order valence-electron chi connectivity index (χ3n) is 31.1. The molecule has 90 heavy (non-hydrogen) atoms. The van der Waals surface area contributed by atoms with E-state index in [0.717, 1.165) is 147 Å². The second-order valence-corrected chi connectivity index (χ2v) is 36.8. The van der Waals surface area contributed by atoms with Crippen molar-refractivity contribution in [2.24, 2.45) is 100 Å². The first-order chi connectivity index (χ1) is 42.1. The van der Waals surface area contributed by atoms with Gasteiger partial charge in [0, 0.05) is 52.0 Å². The highest BCUT2D eigenvalue weighted by Crippen LogP contribution is 2.78. The average molecular weight is 1250 g/mol. The zero-order valence-electron chi connectivity index (χ0n) is 58.2. The van der Waals surface area contributed by atoms with E-state index in [1.165, 1.54) is 11.1 Å². The van der Waals surface area contributed by atoms with E-state index in [1.54, 1.807) is 0 Å². The Balaban J connectivity index is 0.582. The molecule has 1 saturated heterocycles. The molecule has 2 aliphatic heterocycles. The normalized spacial score (nSPS) is 45.7. The van der Waals surface area contributed by atoms with Crippen LogP contribution < -0.4 is 21.6 Å². The third kappa shape index (κ3) is 9.73. The molecule has 6 unspecified atom stereocenters. The zero-order valence-corrected chi connectivity index (χ0v) is 58.2. The molecule has 8 saturated carbocycles. The summed E-state index contributed by atoms with van der Waals surface area (Å²) in [5.41, 5.74) is 9.05. The Kier molecular flexibility index (Phi) is 16.0. The van der Waals surface area contributed by atoms with Gasteiger partial charge in [-0.1, -0.05) is 125 Å². The molecule has 0 spiro atoms. The van der Waals surface area contributed by atoms with Crippen LogP contribution in [0.5, 0.6) is 0 Å². The lowest BCUT2D eigenvalue weighted by atomic mass is 9.33. The summed E-state index contributed by atoms with van der Waals surface area (Å²) in [5, 5.41) is 65.8. The molecule has 1 aromatic rings. The second kappa shape index (κ2) is 22.1. The Morgan fingerprint density at radius 3 is 1.47 bits per heavy atom. The Morgan fingerprint density at radius 2 is 0.989 bits per heavy atom. The number of hydrazine groups is 2. The highest BCUT2D eigenvalue weighted by Gasteiger charge is 2.73. The third-order valence-corrected chi connectivity index (χ3v) is 31.1. The monoisotopic (exact) mass is 1240 g/mol. The smallest absolute Gasteiger partial charge is 0.229 e. The van der Waals surface area contributed by atoms with Crippen LogP contribution in [0.1, 0.15) is 218 Å². The lowest BCUT2D eigenvalue weighted by molar-refractivity contribution is -0.215. The van der Waals surface area contributed by atoms with Crippen LogP contribution in [0.3, 0.4) is 0 Å². The molecule has 3 heterocycles. The summed E-state index contributed by atoms with van der Waals surface area (Å²) >= 11 is 0. The van der Waals surface area contributed by atoms with E-state index in [-0.39, 0.29) is 96.6 Å². The zero-order chi connectivity index (χ0) is 64.4. The topological polar surface area (TPSA) is 204 Å². The number of rotatable bonds is 12. The first-order valence-electron chi connectivity index (χ1n) is 36.2. The van der Waals surface area contributed by atoms with E-state index in [1.807, 2.05) is 10.9 Å². The summed E-state index contributed by atoms with van der Waals surface area (Å²) in [6, 6.07) is 0. The minimum absolute atomic E-state index is 0.00869. The van der Waals surface area contributed by atoms with E-state index < -0.39 is 23.0 Å². The van der Waals surface area contributed by atoms with Gasteiger partial charge in [0.1, 0.15) is 5.69 Å². The van der Waals surface area contributed by atoms with E-state index >= 15 is 4.79 Å². The number of carbonyl (C=O) groups is 2. The number of nitrogens with zero attached hydrogens (tertiary/aromatic N) is 6. The number of aliphatic hydroxyl groups is 4. The van der Waals surface area contributed by atoms with Gasteiger partial charge in [0.2, 0.25) is 11.8 Å². The molecule has 0 radical (unpaired) electrons. The molecule has 0 aromatic carbocycles. The summed E-state index contributed by atoms with van der Waals surface area (Å²) < 4.78 is 1.91. The maximum absolute atomic E-state index is 15.0. The van der Waals surface area contributed by atoms with Crippen LogP contribution in [0.25, 0.3) is 0 Å².